The zero-order valence-electron chi connectivity index (χ0n) is 24.2. The van der Waals surface area contributed by atoms with Crippen molar-refractivity contribution in [3.05, 3.63) is 0 Å². The normalized spacial score (nSPS) is 14.3. The molecule has 1 saturated heterocycles. The van der Waals surface area contributed by atoms with Crippen LogP contribution in [0, 0.1) is 0 Å². The molecule has 0 bridgehead atoms. The summed E-state index contributed by atoms with van der Waals surface area (Å²) in [6, 6.07) is 0. The Labute approximate surface area is 240 Å². The molecule has 1 unspecified atom stereocenters. The summed E-state index contributed by atoms with van der Waals surface area (Å²) in [5.41, 5.74) is 0. The monoisotopic (exact) mass is 591 g/mol. The summed E-state index contributed by atoms with van der Waals surface area (Å²) >= 11 is 1.38. The van der Waals surface area contributed by atoms with Gasteiger partial charge in [-0.3, -0.25) is 19.3 Å². The molecule has 1 fully saturated rings. The van der Waals surface area contributed by atoms with Crippen LogP contribution in [0.15, 0.2) is 0 Å². The van der Waals surface area contributed by atoms with Crippen LogP contribution in [0.5, 0.6) is 0 Å². The number of alkyl carbamates (subject to hydrolysis) is 2. The van der Waals surface area contributed by atoms with Gasteiger partial charge in [-0.25, -0.2) is 9.59 Å². The van der Waals surface area contributed by atoms with E-state index in [1.807, 2.05) is 6.26 Å². The first kappa shape index (κ1) is 37.1. The van der Waals surface area contributed by atoms with Gasteiger partial charge < -0.3 is 40.3 Å². The van der Waals surface area contributed by atoms with Gasteiger partial charge in [0.25, 0.3) is 0 Å². The SMILES string of the molecule is CCNC(=O)OCC(COC(=O)NCC)OCCCC(C)=O.CNCCNC(=O)CCN1C(=O)CC(SC)C1=O. The number of ketones is 1. The van der Waals surface area contributed by atoms with Crippen LogP contribution < -0.4 is 21.3 Å². The zero-order valence-corrected chi connectivity index (χ0v) is 25.0. The van der Waals surface area contributed by atoms with E-state index in [9.17, 15) is 28.8 Å². The van der Waals surface area contributed by atoms with Crippen molar-refractivity contribution in [2.24, 2.45) is 0 Å². The van der Waals surface area contributed by atoms with Gasteiger partial charge in [-0.05, 0) is 40.5 Å². The third kappa shape index (κ3) is 17.6. The molecular formula is C25H45N5O9S. The van der Waals surface area contributed by atoms with Gasteiger partial charge in [-0.15, -0.1) is 0 Å². The van der Waals surface area contributed by atoms with E-state index in [0.29, 0.717) is 45.6 Å². The molecule has 0 radical (unpaired) electrons. The number of hydrogen-bond donors (Lipinski definition) is 4. The third-order valence-corrected chi connectivity index (χ3v) is 6.15. The summed E-state index contributed by atoms with van der Waals surface area (Å²) in [7, 11) is 1.80. The van der Waals surface area contributed by atoms with Gasteiger partial charge in [0.2, 0.25) is 17.7 Å². The lowest BCUT2D eigenvalue weighted by Gasteiger charge is -2.18. The van der Waals surface area contributed by atoms with Crippen LogP contribution >= 0.6 is 11.8 Å². The lowest BCUT2D eigenvalue weighted by Crippen LogP contribution is -2.36. The Morgan fingerprint density at radius 1 is 0.975 bits per heavy atom. The number of Topliss-reactive ketones (excluding diaryl/α,β-unsaturated/α-hetero) is 1. The molecule has 0 aromatic rings. The molecule has 1 heterocycles. The molecule has 1 atom stereocenters. The van der Waals surface area contributed by atoms with Crippen LogP contribution in [0.4, 0.5) is 9.59 Å². The van der Waals surface area contributed by atoms with Crippen molar-refractivity contribution in [1.29, 1.82) is 0 Å². The first-order valence-corrected chi connectivity index (χ1v) is 14.6. The number of rotatable bonds is 18. The Bertz CT molecular complexity index is 794. The highest BCUT2D eigenvalue weighted by Crippen LogP contribution is 2.22. The number of likely N-dealkylation sites (N-methyl/N-ethyl adjacent to an activating group) is 1. The van der Waals surface area contributed by atoms with Crippen LogP contribution in [0.2, 0.25) is 0 Å². The van der Waals surface area contributed by atoms with Crippen LogP contribution in [-0.2, 0) is 33.4 Å². The standard InChI is InChI=1S/C14H26N2O6.C11H19N3O3S/c1-4-15-13(18)21-9-12(10-22-14(19)16-5-2)20-8-6-7-11(3)17;1-12-4-5-13-9(15)3-6-14-10(16)7-8(18-2)11(14)17/h12H,4-10H2,1-3H3,(H,15,18)(H,16,19);8,12H,3-7H2,1-2H3,(H,13,15). The van der Waals surface area contributed by atoms with Gasteiger partial charge in [0.15, 0.2) is 0 Å². The maximum absolute atomic E-state index is 11.8. The molecule has 0 aromatic carbocycles. The maximum Gasteiger partial charge on any atom is 0.407 e. The third-order valence-electron chi connectivity index (χ3n) is 5.22. The summed E-state index contributed by atoms with van der Waals surface area (Å²) in [4.78, 5) is 69.3. The van der Waals surface area contributed by atoms with E-state index in [2.05, 4.69) is 21.3 Å². The number of ether oxygens (including phenoxy) is 3. The number of nitrogens with zero attached hydrogens (tertiary/aromatic N) is 1. The van der Waals surface area contributed by atoms with E-state index in [-0.39, 0.29) is 61.4 Å². The van der Waals surface area contributed by atoms with Gasteiger partial charge in [0.05, 0.1) is 5.25 Å². The van der Waals surface area contributed by atoms with E-state index in [1.165, 1.54) is 23.6 Å². The average Bonchev–Trinajstić information content (AvgIpc) is 3.19. The van der Waals surface area contributed by atoms with E-state index in [4.69, 9.17) is 14.2 Å². The van der Waals surface area contributed by atoms with Crippen molar-refractivity contribution in [3.63, 3.8) is 0 Å². The fraction of sp³-hybridized carbons (Fsp3) is 0.760. The fourth-order valence-corrected chi connectivity index (χ4v) is 3.78. The number of nitrogens with one attached hydrogen (secondary N) is 4. The molecule has 40 heavy (non-hydrogen) atoms. The lowest BCUT2D eigenvalue weighted by molar-refractivity contribution is -0.138. The van der Waals surface area contributed by atoms with E-state index in [1.54, 1.807) is 20.9 Å². The molecule has 5 amide bonds. The predicted molar refractivity (Wildman–Crippen MR) is 150 cm³/mol. The number of likely N-dealkylation sites (tertiary alicyclic amines) is 1. The number of hydrogen-bond acceptors (Lipinski definition) is 11. The second kappa shape index (κ2) is 22.9. The van der Waals surface area contributed by atoms with Crippen molar-refractivity contribution in [3.8, 4) is 0 Å². The molecule has 230 valence electrons. The predicted octanol–water partition coefficient (Wildman–Crippen LogP) is 0.436. The van der Waals surface area contributed by atoms with Crippen molar-refractivity contribution in [2.45, 2.75) is 57.8 Å². The van der Waals surface area contributed by atoms with Crippen molar-refractivity contribution in [2.75, 3.05) is 65.8 Å². The molecule has 0 aromatic heterocycles. The quantitative estimate of drug-likeness (QED) is 0.128. The second-order valence-corrected chi connectivity index (χ2v) is 9.61. The summed E-state index contributed by atoms with van der Waals surface area (Å²) < 4.78 is 15.4. The average molecular weight is 592 g/mol. The van der Waals surface area contributed by atoms with Crippen molar-refractivity contribution >= 4 is 47.5 Å². The Morgan fingerprint density at radius 2 is 1.57 bits per heavy atom. The Kier molecular flexibility index (Phi) is 21.2. The molecule has 15 heteroatoms. The van der Waals surface area contributed by atoms with E-state index in [0.717, 1.165) is 0 Å². The molecule has 1 aliphatic rings. The number of amides is 5. The van der Waals surface area contributed by atoms with Crippen molar-refractivity contribution < 1.29 is 43.0 Å². The first-order valence-electron chi connectivity index (χ1n) is 13.3. The molecule has 0 aliphatic carbocycles. The van der Waals surface area contributed by atoms with Crippen LogP contribution in [0.3, 0.4) is 0 Å². The number of thioether (sulfide) groups is 1. The maximum atomic E-state index is 11.8. The zero-order chi connectivity index (χ0) is 30.3. The summed E-state index contributed by atoms with van der Waals surface area (Å²) in [6.07, 6.45) is 1.52. The van der Waals surface area contributed by atoms with E-state index < -0.39 is 18.3 Å². The highest BCUT2D eigenvalue weighted by Gasteiger charge is 2.37. The minimum Gasteiger partial charge on any atom is -0.447 e. The van der Waals surface area contributed by atoms with Gasteiger partial charge in [-0.2, -0.15) is 11.8 Å². The van der Waals surface area contributed by atoms with Crippen LogP contribution in [0.25, 0.3) is 0 Å². The van der Waals surface area contributed by atoms with E-state index >= 15 is 0 Å². The molecular weight excluding hydrogens is 546 g/mol. The molecule has 0 spiro atoms. The fourth-order valence-electron chi connectivity index (χ4n) is 3.14. The minimum atomic E-state index is -0.572. The highest BCUT2D eigenvalue weighted by atomic mass is 32.2. The Balaban J connectivity index is 0.000000774. The lowest BCUT2D eigenvalue weighted by atomic mass is 10.2. The Hall–Kier alpha value is -2.91. The molecule has 1 rings (SSSR count). The van der Waals surface area contributed by atoms with Crippen LogP contribution in [0.1, 0.15) is 46.5 Å². The molecule has 1 aliphatic heterocycles. The van der Waals surface area contributed by atoms with Gasteiger partial charge >= 0.3 is 12.2 Å². The summed E-state index contributed by atoms with van der Waals surface area (Å²) in [6.45, 7) is 7.64. The molecule has 4 N–H and O–H groups in total. The van der Waals surface area contributed by atoms with Gasteiger partial charge in [-0.1, -0.05) is 0 Å². The van der Waals surface area contributed by atoms with Crippen LogP contribution in [-0.4, -0.2) is 118 Å². The smallest absolute Gasteiger partial charge is 0.407 e. The largest absolute Gasteiger partial charge is 0.447 e. The second-order valence-electron chi connectivity index (χ2n) is 8.57. The first-order chi connectivity index (χ1) is 19.1. The number of carbonyl (C=O) groups excluding carboxylic acids is 6. The summed E-state index contributed by atoms with van der Waals surface area (Å²) in [5, 5.41) is 10.3. The number of imide groups is 1. The van der Waals surface area contributed by atoms with Gasteiger partial charge in [0, 0.05) is 58.6 Å². The van der Waals surface area contributed by atoms with Crippen molar-refractivity contribution in [1.82, 2.24) is 26.2 Å². The highest BCUT2D eigenvalue weighted by molar-refractivity contribution is 8.00. The molecule has 0 saturated carbocycles. The summed E-state index contributed by atoms with van der Waals surface area (Å²) in [5.74, 6) is -0.409. The molecule has 14 nitrogen and oxygen atoms in total. The number of carbonyl (C=O) groups is 6. The topological polar surface area (TPSA) is 181 Å². The minimum absolute atomic E-state index is 0.0364. The van der Waals surface area contributed by atoms with Gasteiger partial charge in [0.1, 0.15) is 25.1 Å². The Morgan fingerprint density at radius 3 is 2.05 bits per heavy atom.